The molecule has 134 valence electrons. The third-order valence-corrected chi connectivity index (χ3v) is 5.75. The minimum absolute atomic E-state index is 0.139. The number of sulfonamides is 1. The largest absolute Gasteiger partial charge is 0.383 e. The van der Waals surface area contributed by atoms with Gasteiger partial charge in [0.1, 0.15) is 0 Å². The van der Waals surface area contributed by atoms with E-state index < -0.39 is 10.0 Å². The molecule has 1 fully saturated rings. The second-order valence-corrected chi connectivity index (χ2v) is 8.02. The van der Waals surface area contributed by atoms with Gasteiger partial charge in [-0.2, -0.15) is 0 Å². The Morgan fingerprint density at radius 2 is 1.83 bits per heavy atom. The SMILES string of the molecule is COC[C@@H](C)NS(=O)(=O)c1ccc(C(=O)NC2CCCCC2)cc1. The fraction of sp³-hybridized carbons (Fsp3) is 0.588. The van der Waals surface area contributed by atoms with E-state index in [2.05, 4.69) is 10.0 Å². The van der Waals surface area contributed by atoms with E-state index in [1.807, 2.05) is 0 Å². The first-order chi connectivity index (χ1) is 11.4. The number of nitrogens with one attached hydrogen (secondary N) is 2. The highest BCUT2D eigenvalue weighted by molar-refractivity contribution is 7.89. The molecule has 0 bridgehead atoms. The van der Waals surface area contributed by atoms with Crippen molar-refractivity contribution in [3.05, 3.63) is 29.8 Å². The van der Waals surface area contributed by atoms with E-state index in [1.165, 1.54) is 25.7 Å². The quantitative estimate of drug-likeness (QED) is 0.785. The fourth-order valence-electron chi connectivity index (χ4n) is 2.92. The van der Waals surface area contributed by atoms with Crippen molar-refractivity contribution in [3.8, 4) is 0 Å². The van der Waals surface area contributed by atoms with Gasteiger partial charge in [-0.05, 0) is 44.0 Å². The van der Waals surface area contributed by atoms with Crippen molar-refractivity contribution >= 4 is 15.9 Å². The lowest BCUT2D eigenvalue weighted by molar-refractivity contribution is 0.0927. The molecule has 2 N–H and O–H groups in total. The molecule has 0 aromatic heterocycles. The zero-order valence-electron chi connectivity index (χ0n) is 14.2. The van der Waals surface area contributed by atoms with Crippen LogP contribution in [0.3, 0.4) is 0 Å². The first kappa shape index (κ1) is 18.9. The van der Waals surface area contributed by atoms with Gasteiger partial charge < -0.3 is 10.1 Å². The second kappa shape index (κ2) is 8.60. The molecule has 0 saturated heterocycles. The van der Waals surface area contributed by atoms with Gasteiger partial charge in [0, 0.05) is 24.8 Å². The molecule has 2 rings (SSSR count). The molecule has 24 heavy (non-hydrogen) atoms. The van der Waals surface area contributed by atoms with Crippen molar-refractivity contribution in [1.29, 1.82) is 0 Å². The van der Waals surface area contributed by atoms with E-state index in [-0.39, 0.29) is 22.9 Å². The molecular weight excluding hydrogens is 328 g/mol. The summed E-state index contributed by atoms with van der Waals surface area (Å²) in [7, 11) is -2.09. The maximum Gasteiger partial charge on any atom is 0.251 e. The summed E-state index contributed by atoms with van der Waals surface area (Å²) in [6.45, 7) is 2.02. The Hall–Kier alpha value is -1.44. The Bertz CT molecular complexity index is 637. The topological polar surface area (TPSA) is 84.5 Å². The van der Waals surface area contributed by atoms with Crippen molar-refractivity contribution in [2.45, 2.75) is 56.0 Å². The molecule has 1 saturated carbocycles. The number of ether oxygens (including phenoxy) is 1. The standard InChI is InChI=1S/C17H26N2O4S/c1-13(12-23-2)19-24(21,22)16-10-8-14(9-11-16)17(20)18-15-6-4-3-5-7-15/h8-11,13,15,19H,3-7,12H2,1-2H3,(H,18,20)/t13-/m1/s1. The Balaban J connectivity index is 2.00. The predicted octanol–water partition coefficient (Wildman–Crippen LogP) is 2.06. The maximum absolute atomic E-state index is 12.2. The van der Waals surface area contributed by atoms with Crippen LogP contribution >= 0.6 is 0 Å². The normalized spacial score (nSPS) is 17.4. The lowest BCUT2D eigenvalue weighted by Gasteiger charge is -2.22. The third-order valence-electron chi connectivity index (χ3n) is 4.14. The summed E-state index contributed by atoms with van der Waals surface area (Å²) < 4.78 is 32.0. The van der Waals surface area contributed by atoms with Crippen LogP contribution in [0.25, 0.3) is 0 Å². The molecule has 1 atom stereocenters. The van der Waals surface area contributed by atoms with Crippen LogP contribution in [0.1, 0.15) is 49.4 Å². The first-order valence-electron chi connectivity index (χ1n) is 8.34. The average molecular weight is 354 g/mol. The number of hydrogen-bond acceptors (Lipinski definition) is 4. The Morgan fingerprint density at radius 3 is 2.42 bits per heavy atom. The minimum atomic E-state index is -3.61. The van der Waals surface area contributed by atoms with Gasteiger partial charge in [0.05, 0.1) is 11.5 Å². The molecule has 0 heterocycles. The summed E-state index contributed by atoms with van der Waals surface area (Å²) >= 11 is 0. The molecular formula is C17H26N2O4S. The van der Waals surface area contributed by atoms with Crippen LogP contribution in [0.2, 0.25) is 0 Å². The number of amides is 1. The Labute approximate surface area is 144 Å². The Morgan fingerprint density at radius 1 is 1.21 bits per heavy atom. The van der Waals surface area contributed by atoms with Crippen LogP contribution in [-0.2, 0) is 14.8 Å². The number of carbonyl (C=O) groups excluding carboxylic acids is 1. The zero-order chi connectivity index (χ0) is 17.6. The molecule has 0 unspecified atom stereocenters. The number of methoxy groups -OCH3 is 1. The van der Waals surface area contributed by atoms with Crippen molar-refractivity contribution in [2.75, 3.05) is 13.7 Å². The van der Waals surface area contributed by atoms with Crippen molar-refractivity contribution in [3.63, 3.8) is 0 Å². The number of hydrogen-bond donors (Lipinski definition) is 2. The smallest absolute Gasteiger partial charge is 0.251 e. The van der Waals surface area contributed by atoms with Crippen LogP contribution in [-0.4, -0.2) is 40.1 Å². The van der Waals surface area contributed by atoms with Crippen molar-refractivity contribution < 1.29 is 17.9 Å². The molecule has 6 nitrogen and oxygen atoms in total. The van der Waals surface area contributed by atoms with Gasteiger partial charge in [-0.1, -0.05) is 19.3 Å². The number of carbonyl (C=O) groups is 1. The lowest BCUT2D eigenvalue weighted by atomic mass is 9.95. The van der Waals surface area contributed by atoms with Crippen molar-refractivity contribution in [1.82, 2.24) is 10.0 Å². The molecule has 1 aliphatic rings. The van der Waals surface area contributed by atoms with Gasteiger partial charge in [-0.3, -0.25) is 4.79 Å². The molecule has 1 aromatic rings. The summed E-state index contributed by atoms with van der Waals surface area (Å²) in [5.41, 5.74) is 0.476. The molecule has 0 radical (unpaired) electrons. The van der Waals surface area contributed by atoms with E-state index in [1.54, 1.807) is 19.1 Å². The van der Waals surface area contributed by atoms with Gasteiger partial charge in [-0.25, -0.2) is 13.1 Å². The van der Waals surface area contributed by atoms with Gasteiger partial charge in [0.2, 0.25) is 10.0 Å². The Kier molecular flexibility index (Phi) is 6.77. The highest BCUT2D eigenvalue weighted by Crippen LogP contribution is 2.18. The van der Waals surface area contributed by atoms with E-state index in [9.17, 15) is 13.2 Å². The summed E-state index contributed by atoms with van der Waals surface area (Å²) in [6, 6.07) is 5.91. The summed E-state index contributed by atoms with van der Waals surface area (Å²) in [5, 5.41) is 3.02. The molecule has 7 heteroatoms. The highest BCUT2D eigenvalue weighted by Gasteiger charge is 2.19. The monoisotopic (exact) mass is 354 g/mol. The minimum Gasteiger partial charge on any atom is -0.383 e. The van der Waals surface area contributed by atoms with Gasteiger partial charge in [0.25, 0.3) is 5.91 Å². The number of benzene rings is 1. The van der Waals surface area contributed by atoms with Crippen LogP contribution in [0.4, 0.5) is 0 Å². The van der Waals surface area contributed by atoms with Crippen molar-refractivity contribution in [2.24, 2.45) is 0 Å². The molecule has 0 aliphatic heterocycles. The van der Waals surface area contributed by atoms with E-state index >= 15 is 0 Å². The molecule has 1 aromatic carbocycles. The average Bonchev–Trinajstić information content (AvgIpc) is 2.55. The van der Waals surface area contributed by atoms with E-state index in [4.69, 9.17) is 4.74 Å². The molecule has 1 aliphatic carbocycles. The first-order valence-corrected chi connectivity index (χ1v) is 9.83. The summed E-state index contributed by atoms with van der Waals surface area (Å²) in [6.07, 6.45) is 5.55. The summed E-state index contributed by atoms with van der Waals surface area (Å²) in [5.74, 6) is -0.147. The van der Waals surface area contributed by atoms with Gasteiger partial charge in [0.15, 0.2) is 0 Å². The van der Waals surface area contributed by atoms with Gasteiger partial charge >= 0.3 is 0 Å². The van der Waals surface area contributed by atoms with E-state index in [0.29, 0.717) is 12.2 Å². The molecule has 0 spiro atoms. The predicted molar refractivity (Wildman–Crippen MR) is 92.4 cm³/mol. The lowest BCUT2D eigenvalue weighted by Crippen LogP contribution is -2.36. The third kappa shape index (κ3) is 5.29. The number of rotatable bonds is 7. The van der Waals surface area contributed by atoms with Crippen LogP contribution < -0.4 is 10.0 Å². The zero-order valence-corrected chi connectivity index (χ0v) is 15.1. The molecule has 1 amide bonds. The van der Waals surface area contributed by atoms with Crippen LogP contribution in [0, 0.1) is 0 Å². The van der Waals surface area contributed by atoms with Gasteiger partial charge in [-0.15, -0.1) is 0 Å². The highest BCUT2D eigenvalue weighted by atomic mass is 32.2. The maximum atomic E-state index is 12.2. The van der Waals surface area contributed by atoms with E-state index in [0.717, 1.165) is 25.7 Å². The summed E-state index contributed by atoms with van der Waals surface area (Å²) in [4.78, 5) is 12.4. The van der Waals surface area contributed by atoms with Crippen LogP contribution in [0.15, 0.2) is 29.2 Å². The van der Waals surface area contributed by atoms with Crippen LogP contribution in [0.5, 0.6) is 0 Å². The fourth-order valence-corrected chi connectivity index (χ4v) is 4.15. The second-order valence-electron chi connectivity index (χ2n) is 6.31.